The molecule has 0 rings (SSSR count). The molecule has 0 fully saturated rings. The number of carbonyl (C=O) groups is 1. The Hall–Kier alpha value is -0.570. The van der Waals surface area contributed by atoms with Gasteiger partial charge in [-0.05, 0) is 25.8 Å². The highest BCUT2D eigenvalue weighted by Gasteiger charge is 2.18. The van der Waals surface area contributed by atoms with Crippen LogP contribution < -0.4 is 5.73 Å². The van der Waals surface area contributed by atoms with Crippen LogP contribution in [0.15, 0.2) is 0 Å². The minimum atomic E-state index is 0.0816. The average molecular weight is 200 g/mol. The van der Waals surface area contributed by atoms with Gasteiger partial charge in [0.1, 0.15) is 0 Å². The predicted octanol–water partition coefficient (Wildman–Crippen LogP) is 1.62. The van der Waals surface area contributed by atoms with Gasteiger partial charge in [-0.25, -0.2) is 0 Å². The maximum atomic E-state index is 11.9. The van der Waals surface area contributed by atoms with Crippen molar-refractivity contribution in [2.75, 3.05) is 19.6 Å². The molecule has 1 unspecified atom stereocenters. The summed E-state index contributed by atoms with van der Waals surface area (Å²) in [7, 11) is 0. The number of carbonyl (C=O) groups excluding carboxylic acids is 1. The van der Waals surface area contributed by atoms with Crippen LogP contribution in [-0.4, -0.2) is 30.4 Å². The van der Waals surface area contributed by atoms with Crippen LogP contribution in [0.2, 0.25) is 0 Å². The molecule has 0 aromatic heterocycles. The van der Waals surface area contributed by atoms with Crippen LogP contribution >= 0.6 is 0 Å². The Bertz CT molecular complexity index is 153. The molecule has 0 aliphatic rings. The highest BCUT2D eigenvalue weighted by atomic mass is 16.2. The third-order valence-corrected chi connectivity index (χ3v) is 2.32. The van der Waals surface area contributed by atoms with Gasteiger partial charge < -0.3 is 10.6 Å². The summed E-state index contributed by atoms with van der Waals surface area (Å²) in [6.45, 7) is 8.52. The molecule has 14 heavy (non-hydrogen) atoms. The quantitative estimate of drug-likeness (QED) is 0.679. The van der Waals surface area contributed by atoms with Gasteiger partial charge >= 0.3 is 0 Å². The number of hydrogen-bond donors (Lipinski definition) is 1. The molecule has 3 nitrogen and oxygen atoms in total. The molecule has 84 valence electrons. The van der Waals surface area contributed by atoms with Gasteiger partial charge in [0, 0.05) is 19.0 Å². The Morgan fingerprint density at radius 3 is 2.14 bits per heavy atom. The minimum absolute atomic E-state index is 0.0816. The van der Waals surface area contributed by atoms with Crippen LogP contribution in [0.5, 0.6) is 0 Å². The summed E-state index contributed by atoms with van der Waals surface area (Å²) in [5.74, 6) is 0.345. The van der Waals surface area contributed by atoms with Crippen molar-refractivity contribution in [3.05, 3.63) is 0 Å². The van der Waals surface area contributed by atoms with Gasteiger partial charge in [-0.1, -0.05) is 20.8 Å². The van der Waals surface area contributed by atoms with E-state index >= 15 is 0 Å². The second-order valence-corrected chi connectivity index (χ2v) is 3.80. The standard InChI is InChI=1S/C11H24N2O/c1-4-8-13(9-5-2)11(14)10(3)6-7-12/h10H,4-9,12H2,1-3H3. The maximum Gasteiger partial charge on any atom is 0.225 e. The van der Waals surface area contributed by atoms with Crippen LogP contribution in [0, 0.1) is 5.92 Å². The first-order valence-corrected chi connectivity index (χ1v) is 5.66. The molecule has 0 aromatic rings. The van der Waals surface area contributed by atoms with Gasteiger partial charge in [0.2, 0.25) is 5.91 Å². The highest BCUT2D eigenvalue weighted by molar-refractivity contribution is 5.78. The second-order valence-electron chi connectivity index (χ2n) is 3.80. The van der Waals surface area contributed by atoms with Crippen molar-refractivity contribution in [3.63, 3.8) is 0 Å². The van der Waals surface area contributed by atoms with Crippen molar-refractivity contribution in [1.82, 2.24) is 4.90 Å². The van der Waals surface area contributed by atoms with Crippen molar-refractivity contribution in [3.8, 4) is 0 Å². The smallest absolute Gasteiger partial charge is 0.225 e. The molecule has 3 heteroatoms. The van der Waals surface area contributed by atoms with E-state index < -0.39 is 0 Å². The lowest BCUT2D eigenvalue weighted by atomic mass is 10.1. The molecule has 0 heterocycles. The molecule has 1 atom stereocenters. The van der Waals surface area contributed by atoms with E-state index in [9.17, 15) is 4.79 Å². The Kier molecular flexibility index (Phi) is 7.48. The number of amides is 1. The minimum Gasteiger partial charge on any atom is -0.342 e. The highest BCUT2D eigenvalue weighted by Crippen LogP contribution is 2.07. The summed E-state index contributed by atoms with van der Waals surface area (Å²) in [5, 5.41) is 0. The molecule has 0 spiro atoms. The SMILES string of the molecule is CCCN(CCC)C(=O)C(C)CCN. The Balaban J connectivity index is 4.11. The fraction of sp³-hybridized carbons (Fsp3) is 0.909. The van der Waals surface area contributed by atoms with E-state index in [0.717, 1.165) is 32.4 Å². The van der Waals surface area contributed by atoms with E-state index in [-0.39, 0.29) is 11.8 Å². The first-order valence-electron chi connectivity index (χ1n) is 5.66. The number of hydrogen-bond acceptors (Lipinski definition) is 2. The first-order chi connectivity index (χ1) is 6.67. The van der Waals surface area contributed by atoms with E-state index in [4.69, 9.17) is 5.73 Å². The first kappa shape index (κ1) is 13.4. The van der Waals surface area contributed by atoms with Crippen LogP contribution in [0.3, 0.4) is 0 Å². The zero-order valence-electron chi connectivity index (χ0n) is 9.75. The molecule has 1 amide bonds. The third-order valence-electron chi connectivity index (χ3n) is 2.32. The average Bonchev–Trinajstić information content (AvgIpc) is 2.17. The molecule has 0 saturated carbocycles. The Morgan fingerprint density at radius 2 is 1.79 bits per heavy atom. The van der Waals surface area contributed by atoms with Crippen LogP contribution in [0.25, 0.3) is 0 Å². The van der Waals surface area contributed by atoms with E-state index in [1.54, 1.807) is 0 Å². The lowest BCUT2D eigenvalue weighted by Crippen LogP contribution is -2.37. The Morgan fingerprint density at radius 1 is 1.29 bits per heavy atom. The summed E-state index contributed by atoms with van der Waals surface area (Å²) >= 11 is 0. The molecule has 2 N–H and O–H groups in total. The van der Waals surface area contributed by atoms with E-state index in [1.807, 2.05) is 11.8 Å². The van der Waals surface area contributed by atoms with Crippen LogP contribution in [0.4, 0.5) is 0 Å². The van der Waals surface area contributed by atoms with E-state index in [2.05, 4.69) is 13.8 Å². The van der Waals surface area contributed by atoms with Crippen molar-refractivity contribution in [2.45, 2.75) is 40.0 Å². The van der Waals surface area contributed by atoms with Gasteiger partial charge in [-0.2, -0.15) is 0 Å². The summed E-state index contributed by atoms with van der Waals surface area (Å²) in [6, 6.07) is 0. The number of nitrogens with zero attached hydrogens (tertiary/aromatic N) is 1. The summed E-state index contributed by atoms with van der Waals surface area (Å²) < 4.78 is 0. The molecule has 0 aromatic carbocycles. The van der Waals surface area contributed by atoms with Gasteiger partial charge in [-0.3, -0.25) is 4.79 Å². The van der Waals surface area contributed by atoms with E-state index in [0.29, 0.717) is 6.54 Å². The van der Waals surface area contributed by atoms with Crippen LogP contribution in [-0.2, 0) is 4.79 Å². The Labute approximate surface area is 87.6 Å². The van der Waals surface area contributed by atoms with Gasteiger partial charge in [0.25, 0.3) is 0 Å². The van der Waals surface area contributed by atoms with E-state index in [1.165, 1.54) is 0 Å². The second kappa shape index (κ2) is 7.80. The normalized spacial score (nSPS) is 12.6. The van der Waals surface area contributed by atoms with Crippen molar-refractivity contribution < 1.29 is 4.79 Å². The summed E-state index contributed by atoms with van der Waals surface area (Å²) in [4.78, 5) is 13.8. The lowest BCUT2D eigenvalue weighted by molar-refractivity contribution is -0.135. The topological polar surface area (TPSA) is 46.3 Å². The summed E-state index contributed by atoms with van der Waals surface area (Å²) in [5.41, 5.74) is 5.44. The molecule has 0 bridgehead atoms. The zero-order valence-corrected chi connectivity index (χ0v) is 9.75. The monoisotopic (exact) mass is 200 g/mol. The molecular weight excluding hydrogens is 176 g/mol. The zero-order chi connectivity index (χ0) is 11.0. The molecule has 0 saturated heterocycles. The lowest BCUT2D eigenvalue weighted by Gasteiger charge is -2.24. The molecular formula is C11H24N2O. The molecule has 0 radical (unpaired) electrons. The predicted molar refractivity (Wildman–Crippen MR) is 60.0 cm³/mol. The number of rotatable bonds is 7. The number of nitrogens with two attached hydrogens (primary N) is 1. The van der Waals surface area contributed by atoms with Gasteiger partial charge in [0.05, 0.1) is 0 Å². The third kappa shape index (κ3) is 4.61. The van der Waals surface area contributed by atoms with Gasteiger partial charge in [-0.15, -0.1) is 0 Å². The maximum absolute atomic E-state index is 11.9. The van der Waals surface area contributed by atoms with Gasteiger partial charge in [0.15, 0.2) is 0 Å². The van der Waals surface area contributed by atoms with Crippen molar-refractivity contribution in [1.29, 1.82) is 0 Å². The fourth-order valence-corrected chi connectivity index (χ4v) is 1.56. The van der Waals surface area contributed by atoms with Crippen LogP contribution in [0.1, 0.15) is 40.0 Å². The van der Waals surface area contributed by atoms with Crippen molar-refractivity contribution >= 4 is 5.91 Å². The largest absolute Gasteiger partial charge is 0.342 e. The fourth-order valence-electron chi connectivity index (χ4n) is 1.56. The molecule has 0 aliphatic heterocycles. The van der Waals surface area contributed by atoms with Crippen molar-refractivity contribution in [2.24, 2.45) is 11.7 Å². The molecule has 0 aliphatic carbocycles. The summed E-state index contributed by atoms with van der Waals surface area (Å²) in [6.07, 6.45) is 2.85.